The highest BCUT2D eigenvalue weighted by molar-refractivity contribution is 5.99. The molecular formula is C16H20N4O3. The van der Waals surface area contributed by atoms with Crippen molar-refractivity contribution in [2.75, 3.05) is 24.9 Å². The number of benzene rings is 1. The lowest BCUT2D eigenvalue weighted by Crippen LogP contribution is -2.22. The van der Waals surface area contributed by atoms with Crippen LogP contribution in [0.1, 0.15) is 25.3 Å². The zero-order valence-electron chi connectivity index (χ0n) is 13.6. The van der Waals surface area contributed by atoms with E-state index >= 15 is 0 Å². The molecule has 1 heterocycles. The third kappa shape index (κ3) is 4.32. The zero-order chi connectivity index (χ0) is 16.8. The largest absolute Gasteiger partial charge is 0.481 e. The Balaban J connectivity index is 2.14. The lowest BCUT2D eigenvalue weighted by Gasteiger charge is -2.14. The predicted molar refractivity (Wildman–Crippen MR) is 88.3 cm³/mol. The van der Waals surface area contributed by atoms with Gasteiger partial charge >= 0.3 is 6.03 Å². The van der Waals surface area contributed by atoms with Crippen LogP contribution >= 0.6 is 0 Å². The van der Waals surface area contributed by atoms with Gasteiger partial charge in [0, 0.05) is 5.69 Å². The SMILES string of the molecule is COc1cc(OC)nc(NC(=O)Nc2ccccc2C(C)C)n1. The first kappa shape index (κ1) is 16.5. The Hall–Kier alpha value is -2.83. The fraction of sp³-hybridized carbons (Fsp3) is 0.312. The summed E-state index contributed by atoms with van der Waals surface area (Å²) in [5, 5.41) is 5.38. The first-order valence-corrected chi connectivity index (χ1v) is 7.17. The third-order valence-electron chi connectivity index (χ3n) is 3.15. The van der Waals surface area contributed by atoms with Crippen LogP contribution in [0.2, 0.25) is 0 Å². The number of urea groups is 1. The number of hydrogen-bond donors (Lipinski definition) is 2. The molecule has 0 saturated heterocycles. The van der Waals surface area contributed by atoms with Crippen LogP contribution in [0.5, 0.6) is 11.8 Å². The monoisotopic (exact) mass is 316 g/mol. The molecule has 7 nitrogen and oxygen atoms in total. The molecule has 2 rings (SSSR count). The van der Waals surface area contributed by atoms with Gasteiger partial charge in [0.2, 0.25) is 17.7 Å². The average Bonchev–Trinajstić information content (AvgIpc) is 2.54. The minimum Gasteiger partial charge on any atom is -0.481 e. The Morgan fingerprint density at radius 1 is 1.04 bits per heavy atom. The quantitative estimate of drug-likeness (QED) is 0.884. The van der Waals surface area contributed by atoms with Crippen LogP contribution in [-0.2, 0) is 0 Å². The van der Waals surface area contributed by atoms with Gasteiger partial charge in [-0.3, -0.25) is 5.32 Å². The number of ether oxygens (including phenoxy) is 2. The third-order valence-corrected chi connectivity index (χ3v) is 3.15. The minimum atomic E-state index is -0.437. The number of rotatable bonds is 5. The summed E-state index contributed by atoms with van der Waals surface area (Å²) >= 11 is 0. The fourth-order valence-corrected chi connectivity index (χ4v) is 2.04. The second-order valence-corrected chi connectivity index (χ2v) is 5.10. The van der Waals surface area contributed by atoms with Crippen LogP contribution in [0, 0.1) is 0 Å². The van der Waals surface area contributed by atoms with Gasteiger partial charge in [-0.25, -0.2) is 4.79 Å². The van der Waals surface area contributed by atoms with E-state index in [4.69, 9.17) is 9.47 Å². The van der Waals surface area contributed by atoms with E-state index in [0.717, 1.165) is 11.3 Å². The van der Waals surface area contributed by atoms with Gasteiger partial charge < -0.3 is 14.8 Å². The summed E-state index contributed by atoms with van der Waals surface area (Å²) in [5.74, 6) is 0.991. The summed E-state index contributed by atoms with van der Waals surface area (Å²) in [7, 11) is 2.95. The molecule has 0 unspecified atom stereocenters. The maximum Gasteiger partial charge on any atom is 0.326 e. The van der Waals surface area contributed by atoms with Crippen molar-refractivity contribution in [2.45, 2.75) is 19.8 Å². The van der Waals surface area contributed by atoms with E-state index in [0.29, 0.717) is 17.7 Å². The summed E-state index contributed by atoms with van der Waals surface area (Å²) in [5.41, 5.74) is 1.79. The van der Waals surface area contributed by atoms with Crippen molar-refractivity contribution in [3.05, 3.63) is 35.9 Å². The first-order valence-electron chi connectivity index (χ1n) is 7.17. The summed E-state index contributed by atoms with van der Waals surface area (Å²) in [4.78, 5) is 20.3. The molecule has 0 aliphatic rings. The van der Waals surface area contributed by atoms with E-state index < -0.39 is 6.03 Å². The van der Waals surface area contributed by atoms with Crippen molar-refractivity contribution >= 4 is 17.7 Å². The predicted octanol–water partition coefficient (Wildman–Crippen LogP) is 3.26. The number of hydrogen-bond acceptors (Lipinski definition) is 5. The number of nitrogens with one attached hydrogen (secondary N) is 2. The second kappa shape index (κ2) is 7.44. The molecule has 0 spiro atoms. The van der Waals surface area contributed by atoms with Crippen molar-refractivity contribution < 1.29 is 14.3 Å². The number of nitrogens with zero attached hydrogens (tertiary/aromatic N) is 2. The molecule has 0 saturated carbocycles. The molecule has 2 N–H and O–H groups in total. The Morgan fingerprint density at radius 2 is 1.65 bits per heavy atom. The first-order chi connectivity index (χ1) is 11.0. The highest BCUT2D eigenvalue weighted by atomic mass is 16.5. The summed E-state index contributed by atoms with van der Waals surface area (Å²) in [6.07, 6.45) is 0. The molecule has 7 heteroatoms. The fourth-order valence-electron chi connectivity index (χ4n) is 2.04. The lowest BCUT2D eigenvalue weighted by molar-refractivity contribution is 0.262. The van der Waals surface area contributed by atoms with Crippen molar-refractivity contribution in [2.24, 2.45) is 0 Å². The molecule has 1 aromatic carbocycles. The molecule has 122 valence electrons. The lowest BCUT2D eigenvalue weighted by atomic mass is 10.0. The number of carbonyl (C=O) groups is 1. The van der Waals surface area contributed by atoms with Gasteiger partial charge in [-0.05, 0) is 17.5 Å². The minimum absolute atomic E-state index is 0.0979. The summed E-state index contributed by atoms with van der Waals surface area (Å²) in [6.45, 7) is 4.13. The maximum absolute atomic E-state index is 12.2. The number of aromatic nitrogens is 2. The van der Waals surface area contributed by atoms with Crippen LogP contribution < -0.4 is 20.1 Å². The molecule has 2 amide bonds. The van der Waals surface area contributed by atoms with Crippen LogP contribution in [0.15, 0.2) is 30.3 Å². The maximum atomic E-state index is 12.2. The number of para-hydroxylation sites is 1. The van der Waals surface area contributed by atoms with Crippen LogP contribution in [0.25, 0.3) is 0 Å². The van der Waals surface area contributed by atoms with E-state index in [2.05, 4.69) is 34.4 Å². The van der Waals surface area contributed by atoms with Crippen molar-refractivity contribution in [3.8, 4) is 11.8 Å². The van der Waals surface area contributed by atoms with Crippen molar-refractivity contribution in [3.63, 3.8) is 0 Å². The molecule has 2 aromatic rings. The van der Waals surface area contributed by atoms with Crippen molar-refractivity contribution in [1.82, 2.24) is 9.97 Å². The smallest absolute Gasteiger partial charge is 0.326 e. The highest BCUT2D eigenvalue weighted by Crippen LogP contribution is 2.24. The van der Waals surface area contributed by atoms with Gasteiger partial charge in [-0.2, -0.15) is 9.97 Å². The molecule has 1 aromatic heterocycles. The van der Waals surface area contributed by atoms with E-state index in [1.54, 1.807) is 0 Å². The van der Waals surface area contributed by atoms with Crippen molar-refractivity contribution in [1.29, 1.82) is 0 Å². The average molecular weight is 316 g/mol. The van der Waals surface area contributed by atoms with Gasteiger partial charge in [-0.1, -0.05) is 32.0 Å². The summed E-state index contributed by atoms with van der Waals surface area (Å²) in [6, 6.07) is 8.72. The van der Waals surface area contributed by atoms with Crippen LogP contribution in [0.4, 0.5) is 16.4 Å². The molecule has 0 atom stereocenters. The Labute approximate surface area is 135 Å². The second-order valence-electron chi connectivity index (χ2n) is 5.10. The highest BCUT2D eigenvalue weighted by Gasteiger charge is 2.12. The van der Waals surface area contributed by atoms with Gasteiger partial charge in [0.25, 0.3) is 0 Å². The molecule has 0 aliphatic heterocycles. The van der Waals surface area contributed by atoms with E-state index in [1.165, 1.54) is 20.3 Å². The van der Waals surface area contributed by atoms with E-state index in [1.807, 2.05) is 24.3 Å². The van der Waals surface area contributed by atoms with E-state index in [9.17, 15) is 4.79 Å². The normalized spacial score (nSPS) is 10.3. The Morgan fingerprint density at radius 3 is 2.22 bits per heavy atom. The number of anilines is 2. The van der Waals surface area contributed by atoms with Crippen LogP contribution in [0.3, 0.4) is 0 Å². The standard InChI is InChI=1S/C16H20N4O3/c1-10(2)11-7-5-6-8-12(11)17-16(21)20-15-18-13(22-3)9-14(19-15)23-4/h5-10H,1-4H3,(H2,17,18,19,20,21). The number of amides is 2. The molecular weight excluding hydrogens is 296 g/mol. The summed E-state index contributed by atoms with van der Waals surface area (Å²) < 4.78 is 10.1. The molecule has 0 fully saturated rings. The number of methoxy groups -OCH3 is 2. The van der Waals surface area contributed by atoms with E-state index in [-0.39, 0.29) is 5.95 Å². The number of carbonyl (C=O) groups excluding carboxylic acids is 1. The Bertz CT molecular complexity index is 667. The molecule has 23 heavy (non-hydrogen) atoms. The van der Waals surface area contributed by atoms with Gasteiger partial charge in [0.1, 0.15) is 0 Å². The van der Waals surface area contributed by atoms with Gasteiger partial charge in [0.15, 0.2) is 0 Å². The Kier molecular flexibility index (Phi) is 5.35. The molecule has 0 aliphatic carbocycles. The molecule has 0 bridgehead atoms. The van der Waals surface area contributed by atoms with Gasteiger partial charge in [0.05, 0.1) is 20.3 Å². The van der Waals surface area contributed by atoms with Gasteiger partial charge in [-0.15, -0.1) is 0 Å². The zero-order valence-corrected chi connectivity index (χ0v) is 13.6. The van der Waals surface area contributed by atoms with Crippen LogP contribution in [-0.4, -0.2) is 30.2 Å². The topological polar surface area (TPSA) is 85.4 Å². The molecule has 0 radical (unpaired) electrons.